The molecule has 4 N–H and O–H groups in total. The summed E-state index contributed by atoms with van der Waals surface area (Å²) < 4.78 is 114. The number of guanidine groups is 1. The van der Waals surface area contributed by atoms with Crippen LogP contribution in [0.25, 0.3) is 11.1 Å². The third-order valence-electron chi connectivity index (χ3n) is 8.93. The number of esters is 1. The Labute approximate surface area is 307 Å². The van der Waals surface area contributed by atoms with Crippen molar-refractivity contribution in [1.29, 1.82) is 0 Å². The van der Waals surface area contributed by atoms with Crippen LogP contribution in [-0.2, 0) is 19.6 Å². The molecular weight excluding hydrogens is 739 g/mol. The Balaban J connectivity index is 1.30. The molecule has 0 fully saturated rings. The molecule has 0 unspecified atom stereocenters. The maximum absolute atomic E-state index is 14.4. The van der Waals surface area contributed by atoms with Gasteiger partial charge in [0.15, 0.2) is 0 Å². The second-order valence-electron chi connectivity index (χ2n) is 12.3. The molecule has 4 aromatic rings. The molecule has 0 bridgehead atoms. The molecule has 0 spiro atoms. The van der Waals surface area contributed by atoms with E-state index in [0.29, 0.717) is 22.4 Å². The first-order valence-electron chi connectivity index (χ1n) is 16.4. The number of rotatable bonds is 12. The molecular formula is C37H35F5N4O7S. The van der Waals surface area contributed by atoms with Crippen molar-refractivity contribution in [3.63, 3.8) is 0 Å². The number of sulfonamides is 1. The highest BCUT2D eigenvalue weighted by atomic mass is 32.2. The lowest BCUT2D eigenvalue weighted by Gasteiger charge is -2.19. The normalized spacial score (nSPS) is 13.2. The summed E-state index contributed by atoms with van der Waals surface area (Å²) in [6.45, 7) is 4.42. The lowest BCUT2D eigenvalue weighted by Crippen LogP contribution is -2.44. The monoisotopic (exact) mass is 774 g/mol. The van der Waals surface area contributed by atoms with Gasteiger partial charge in [0, 0.05) is 12.5 Å². The van der Waals surface area contributed by atoms with Crippen molar-refractivity contribution in [3.8, 4) is 22.6 Å². The van der Waals surface area contributed by atoms with Gasteiger partial charge in [-0.25, -0.2) is 35.9 Å². The first-order chi connectivity index (χ1) is 25.6. The lowest BCUT2D eigenvalue weighted by atomic mass is 9.98. The number of fused-ring (bicyclic) bond motifs is 3. The number of amides is 1. The van der Waals surface area contributed by atoms with Crippen molar-refractivity contribution >= 4 is 28.0 Å². The molecule has 286 valence electrons. The molecule has 0 heterocycles. The van der Waals surface area contributed by atoms with Gasteiger partial charge >= 0.3 is 12.1 Å². The number of nitrogens with one attached hydrogen (secondary N) is 2. The van der Waals surface area contributed by atoms with Gasteiger partial charge in [-0.2, -0.15) is 8.78 Å². The molecule has 1 atom stereocenters. The van der Waals surface area contributed by atoms with Gasteiger partial charge < -0.3 is 25.3 Å². The third-order valence-corrected chi connectivity index (χ3v) is 10.6. The Kier molecular flexibility index (Phi) is 11.8. The van der Waals surface area contributed by atoms with Crippen molar-refractivity contribution in [2.45, 2.75) is 50.5 Å². The molecule has 0 saturated heterocycles. The first-order valence-corrected chi connectivity index (χ1v) is 17.9. The summed E-state index contributed by atoms with van der Waals surface area (Å²) in [5, 5.41) is 2.22. The standard InChI is InChI=1S/C37H35F5N4O7S/c1-18-16-27(51-4)19(2)20(3)34(18)54(49,50)46-36(43)44-15-9-14-26(35(47)53-33-31(41)29(39)28(38)30(40)32(33)42)45-37(48)52-17-25-23-12-7-5-10-21(23)22-11-6-8-13-24(22)25/h5-8,10-13,16,25-26H,9,14-15,17H2,1-4H3,(H,45,48)(H3,43,44,46)/t26-/m0/s1. The van der Waals surface area contributed by atoms with Crippen LogP contribution in [0, 0.1) is 49.9 Å². The van der Waals surface area contributed by atoms with Gasteiger partial charge in [-0.1, -0.05) is 48.5 Å². The molecule has 0 aromatic heterocycles. The number of aliphatic imine (C=N–C) groups is 1. The predicted molar refractivity (Wildman–Crippen MR) is 187 cm³/mol. The highest BCUT2D eigenvalue weighted by Crippen LogP contribution is 2.44. The number of hydrogen-bond acceptors (Lipinski definition) is 8. The molecule has 4 aromatic carbocycles. The molecule has 0 saturated carbocycles. The minimum absolute atomic E-state index is 0.0396. The second kappa shape index (κ2) is 16.1. The zero-order chi connectivity index (χ0) is 39.5. The number of methoxy groups -OCH3 is 1. The zero-order valence-electron chi connectivity index (χ0n) is 29.4. The third kappa shape index (κ3) is 7.95. The van der Waals surface area contributed by atoms with E-state index in [9.17, 15) is 40.0 Å². The summed E-state index contributed by atoms with van der Waals surface area (Å²) in [6, 6.07) is 14.7. The Hall–Kier alpha value is -5.71. The van der Waals surface area contributed by atoms with Gasteiger partial charge in [0.05, 0.1) is 12.0 Å². The van der Waals surface area contributed by atoms with Gasteiger partial charge in [0.2, 0.25) is 40.8 Å². The average molecular weight is 775 g/mol. The number of aryl methyl sites for hydroxylation is 1. The smallest absolute Gasteiger partial charge is 0.407 e. The van der Waals surface area contributed by atoms with E-state index >= 15 is 0 Å². The Morgan fingerprint density at radius 1 is 0.870 bits per heavy atom. The summed E-state index contributed by atoms with van der Waals surface area (Å²) in [5.74, 6) is -15.8. The van der Waals surface area contributed by atoms with Crippen LogP contribution in [0.1, 0.15) is 46.6 Å². The van der Waals surface area contributed by atoms with Gasteiger partial charge in [0.25, 0.3) is 10.0 Å². The van der Waals surface area contributed by atoms with Gasteiger partial charge in [-0.3, -0.25) is 4.99 Å². The largest absolute Gasteiger partial charge is 0.496 e. The quantitative estimate of drug-likeness (QED) is 0.0224. The fourth-order valence-corrected chi connectivity index (χ4v) is 7.72. The second-order valence-corrected chi connectivity index (χ2v) is 14.0. The van der Waals surface area contributed by atoms with E-state index in [0.717, 1.165) is 22.3 Å². The highest BCUT2D eigenvalue weighted by molar-refractivity contribution is 7.90. The molecule has 0 radical (unpaired) electrons. The van der Waals surface area contributed by atoms with Crippen LogP contribution in [0.2, 0.25) is 0 Å². The van der Waals surface area contributed by atoms with E-state index in [1.807, 2.05) is 48.5 Å². The molecule has 1 aliphatic rings. The Morgan fingerprint density at radius 3 is 2.00 bits per heavy atom. The number of nitrogens with two attached hydrogens (primary N) is 1. The number of halogens is 5. The number of alkyl carbamates (subject to hydrolysis) is 1. The number of hydrogen-bond donors (Lipinski definition) is 3. The van der Waals surface area contributed by atoms with Crippen molar-refractivity contribution in [1.82, 2.24) is 10.0 Å². The molecule has 1 aliphatic carbocycles. The number of carbonyl (C=O) groups excluding carboxylic acids is 2. The highest BCUT2D eigenvalue weighted by Gasteiger charge is 2.33. The van der Waals surface area contributed by atoms with Crippen LogP contribution in [0.4, 0.5) is 26.7 Å². The van der Waals surface area contributed by atoms with Crippen LogP contribution >= 0.6 is 0 Å². The van der Waals surface area contributed by atoms with E-state index in [1.165, 1.54) is 7.11 Å². The predicted octanol–water partition coefficient (Wildman–Crippen LogP) is 6.20. The van der Waals surface area contributed by atoms with Crippen LogP contribution < -0.4 is 25.2 Å². The molecule has 17 heteroatoms. The van der Waals surface area contributed by atoms with Crippen LogP contribution in [0.15, 0.2) is 64.5 Å². The number of benzene rings is 4. The van der Waals surface area contributed by atoms with Crippen molar-refractivity contribution in [2.24, 2.45) is 10.7 Å². The summed E-state index contributed by atoms with van der Waals surface area (Å²) >= 11 is 0. The van der Waals surface area contributed by atoms with E-state index in [1.54, 1.807) is 26.8 Å². The Morgan fingerprint density at radius 2 is 1.43 bits per heavy atom. The maximum Gasteiger partial charge on any atom is 0.407 e. The van der Waals surface area contributed by atoms with Crippen LogP contribution in [-0.4, -0.2) is 52.7 Å². The first kappa shape index (κ1) is 39.5. The van der Waals surface area contributed by atoms with Crippen molar-refractivity contribution in [2.75, 3.05) is 20.3 Å². The number of ether oxygens (including phenoxy) is 3. The Bertz CT molecular complexity index is 2200. The number of nitrogens with zero attached hydrogens (tertiary/aromatic N) is 1. The molecule has 11 nitrogen and oxygen atoms in total. The van der Waals surface area contributed by atoms with Gasteiger partial charge in [-0.05, 0) is 78.6 Å². The van der Waals surface area contributed by atoms with E-state index in [2.05, 4.69) is 19.8 Å². The fraction of sp³-hybridized carbons (Fsp3) is 0.270. The SMILES string of the molecule is COc1cc(C)c(S(=O)(=O)NC(N)=NCCC[C@H](NC(=O)OCC2c3ccccc3-c3ccccc32)C(=O)Oc2c(F)c(F)c(F)c(F)c2F)c(C)c1C. The minimum atomic E-state index is -4.22. The fourth-order valence-electron chi connectivity index (χ4n) is 6.24. The minimum Gasteiger partial charge on any atom is -0.496 e. The topological polar surface area (TPSA) is 158 Å². The molecule has 54 heavy (non-hydrogen) atoms. The summed E-state index contributed by atoms with van der Waals surface area (Å²) in [7, 11) is -2.77. The zero-order valence-corrected chi connectivity index (χ0v) is 30.2. The molecule has 0 aliphatic heterocycles. The molecule has 5 rings (SSSR count). The van der Waals surface area contributed by atoms with Gasteiger partial charge in [0.1, 0.15) is 18.4 Å². The van der Waals surface area contributed by atoms with Crippen molar-refractivity contribution in [3.05, 3.63) is 112 Å². The van der Waals surface area contributed by atoms with Crippen molar-refractivity contribution < 1.29 is 54.2 Å². The van der Waals surface area contributed by atoms with E-state index < -0.39 is 75.3 Å². The van der Waals surface area contributed by atoms with Crippen LogP contribution in [0.5, 0.6) is 11.5 Å². The average Bonchev–Trinajstić information content (AvgIpc) is 3.46. The summed E-state index contributed by atoms with van der Waals surface area (Å²) in [5.41, 5.74) is 10.9. The molecule has 1 amide bonds. The lowest BCUT2D eigenvalue weighted by molar-refractivity contribution is -0.137. The summed E-state index contributed by atoms with van der Waals surface area (Å²) in [4.78, 5) is 30.1. The maximum atomic E-state index is 14.4. The van der Waals surface area contributed by atoms with Gasteiger partial charge in [-0.15, -0.1) is 0 Å². The van der Waals surface area contributed by atoms with E-state index in [-0.39, 0.29) is 30.4 Å². The number of carbonyl (C=O) groups is 2. The van der Waals surface area contributed by atoms with Crippen LogP contribution in [0.3, 0.4) is 0 Å². The summed E-state index contributed by atoms with van der Waals surface area (Å²) in [6.07, 6.45) is -1.69. The van der Waals surface area contributed by atoms with E-state index in [4.69, 9.17) is 15.2 Å².